The Morgan fingerprint density at radius 2 is 2.00 bits per heavy atom. The average molecular weight is 314 g/mol. The zero-order valence-corrected chi connectivity index (χ0v) is 11.8. The first-order valence-corrected chi connectivity index (χ1v) is 6.57. The van der Waals surface area contributed by atoms with E-state index in [-0.39, 0.29) is 16.5 Å². The molecule has 0 aliphatic rings. The standard InChI is InChI=1S/C16H8ClNO4/c17-15-6-12-11(3-8(7-18)4-14(12)22-15)9-1-2-10(16(20)21)13(19)5-9/h1-6,19H,(H,20,21). The maximum Gasteiger partial charge on any atom is 0.339 e. The first-order valence-electron chi connectivity index (χ1n) is 6.19. The summed E-state index contributed by atoms with van der Waals surface area (Å²) in [7, 11) is 0. The molecule has 0 saturated carbocycles. The molecular formula is C16H8ClNO4. The van der Waals surface area contributed by atoms with Crippen molar-refractivity contribution in [1.82, 2.24) is 0 Å². The van der Waals surface area contributed by atoms with E-state index in [1.54, 1.807) is 24.3 Å². The van der Waals surface area contributed by atoms with Crippen LogP contribution in [0.25, 0.3) is 22.1 Å². The first-order chi connectivity index (χ1) is 10.5. The summed E-state index contributed by atoms with van der Waals surface area (Å²) in [6.07, 6.45) is 0. The SMILES string of the molecule is N#Cc1cc(-c2ccc(C(=O)O)c(O)c2)c2cc(Cl)oc2c1. The van der Waals surface area contributed by atoms with Crippen LogP contribution in [0.4, 0.5) is 0 Å². The van der Waals surface area contributed by atoms with Gasteiger partial charge in [-0.1, -0.05) is 6.07 Å². The number of rotatable bonds is 2. The lowest BCUT2D eigenvalue weighted by Gasteiger charge is -2.06. The maximum atomic E-state index is 11.0. The van der Waals surface area contributed by atoms with Crippen LogP contribution in [0.5, 0.6) is 5.75 Å². The number of hydrogen-bond donors (Lipinski definition) is 2. The molecular weight excluding hydrogens is 306 g/mol. The van der Waals surface area contributed by atoms with Gasteiger partial charge in [0.25, 0.3) is 0 Å². The summed E-state index contributed by atoms with van der Waals surface area (Å²) in [5.41, 5.74) is 1.80. The molecule has 0 spiro atoms. The Morgan fingerprint density at radius 3 is 2.64 bits per heavy atom. The minimum absolute atomic E-state index is 0.178. The van der Waals surface area contributed by atoms with E-state index in [0.717, 1.165) is 0 Å². The number of aromatic hydroxyl groups is 1. The lowest BCUT2D eigenvalue weighted by molar-refractivity contribution is 0.0694. The van der Waals surface area contributed by atoms with Crippen molar-refractivity contribution in [3.8, 4) is 22.9 Å². The Hall–Kier alpha value is -2.97. The summed E-state index contributed by atoms with van der Waals surface area (Å²) >= 11 is 5.86. The molecule has 0 unspecified atom stereocenters. The number of aromatic carboxylic acids is 1. The number of phenols is 1. The lowest BCUT2D eigenvalue weighted by Crippen LogP contribution is -1.96. The largest absolute Gasteiger partial charge is 0.507 e. The van der Waals surface area contributed by atoms with Crippen LogP contribution in [0.15, 0.2) is 40.8 Å². The zero-order chi connectivity index (χ0) is 15.9. The molecule has 0 aliphatic carbocycles. The number of halogens is 1. The fourth-order valence-corrected chi connectivity index (χ4v) is 2.48. The van der Waals surface area contributed by atoms with Gasteiger partial charge in [-0.05, 0) is 47.0 Å². The van der Waals surface area contributed by atoms with Gasteiger partial charge in [0.1, 0.15) is 16.9 Å². The molecule has 22 heavy (non-hydrogen) atoms. The van der Waals surface area contributed by atoms with Gasteiger partial charge >= 0.3 is 5.97 Å². The fraction of sp³-hybridized carbons (Fsp3) is 0. The van der Waals surface area contributed by atoms with Gasteiger partial charge in [0, 0.05) is 11.5 Å². The van der Waals surface area contributed by atoms with Crippen molar-refractivity contribution in [2.75, 3.05) is 0 Å². The molecule has 1 heterocycles. The molecule has 0 atom stereocenters. The van der Waals surface area contributed by atoms with Crippen LogP contribution in [-0.4, -0.2) is 16.2 Å². The van der Waals surface area contributed by atoms with Gasteiger partial charge in [-0.2, -0.15) is 5.26 Å². The van der Waals surface area contributed by atoms with E-state index >= 15 is 0 Å². The number of carboxylic acids is 1. The number of fused-ring (bicyclic) bond motifs is 1. The summed E-state index contributed by atoms with van der Waals surface area (Å²) < 4.78 is 5.32. The van der Waals surface area contributed by atoms with E-state index in [9.17, 15) is 9.90 Å². The van der Waals surface area contributed by atoms with Crippen LogP contribution in [-0.2, 0) is 0 Å². The second-order valence-corrected chi connectivity index (χ2v) is 5.01. The van der Waals surface area contributed by atoms with Crippen molar-refractivity contribution < 1.29 is 19.4 Å². The highest BCUT2D eigenvalue weighted by Crippen LogP contribution is 2.35. The number of nitrogens with zero attached hydrogens (tertiary/aromatic N) is 1. The van der Waals surface area contributed by atoms with Crippen molar-refractivity contribution in [3.63, 3.8) is 0 Å². The zero-order valence-electron chi connectivity index (χ0n) is 11.0. The minimum atomic E-state index is -1.22. The van der Waals surface area contributed by atoms with Crippen molar-refractivity contribution in [2.45, 2.75) is 0 Å². The Labute approximate surface area is 129 Å². The van der Waals surface area contributed by atoms with Gasteiger partial charge < -0.3 is 14.6 Å². The van der Waals surface area contributed by atoms with Crippen LogP contribution in [0.3, 0.4) is 0 Å². The van der Waals surface area contributed by atoms with Gasteiger partial charge in [-0.25, -0.2) is 4.79 Å². The van der Waals surface area contributed by atoms with E-state index in [1.165, 1.54) is 12.1 Å². The number of benzene rings is 2. The fourth-order valence-electron chi connectivity index (χ4n) is 2.29. The number of furan rings is 1. The molecule has 0 radical (unpaired) electrons. The normalized spacial score (nSPS) is 10.5. The second-order valence-electron chi connectivity index (χ2n) is 4.64. The van der Waals surface area contributed by atoms with E-state index in [1.807, 2.05) is 6.07 Å². The predicted molar refractivity (Wildman–Crippen MR) is 80.0 cm³/mol. The van der Waals surface area contributed by atoms with Crippen molar-refractivity contribution >= 4 is 28.5 Å². The number of carbonyl (C=O) groups is 1. The highest BCUT2D eigenvalue weighted by atomic mass is 35.5. The molecule has 3 aromatic rings. The van der Waals surface area contributed by atoms with Crippen molar-refractivity contribution in [3.05, 3.63) is 52.7 Å². The molecule has 2 N–H and O–H groups in total. The Bertz CT molecular complexity index is 953. The molecule has 5 nitrogen and oxygen atoms in total. The summed E-state index contributed by atoms with van der Waals surface area (Å²) in [5.74, 6) is -1.57. The van der Waals surface area contributed by atoms with Crippen molar-refractivity contribution in [2.24, 2.45) is 0 Å². The Morgan fingerprint density at radius 1 is 1.23 bits per heavy atom. The second kappa shape index (κ2) is 5.10. The van der Waals surface area contributed by atoms with Gasteiger partial charge in [0.05, 0.1) is 11.6 Å². The molecule has 6 heteroatoms. The molecule has 1 aromatic heterocycles. The molecule has 0 aliphatic heterocycles. The number of hydrogen-bond acceptors (Lipinski definition) is 4. The van der Waals surface area contributed by atoms with E-state index < -0.39 is 5.97 Å². The topological polar surface area (TPSA) is 94.5 Å². The summed E-state index contributed by atoms with van der Waals surface area (Å²) in [4.78, 5) is 11.0. The minimum Gasteiger partial charge on any atom is -0.507 e. The summed E-state index contributed by atoms with van der Waals surface area (Å²) in [6, 6.07) is 11.0. The average Bonchev–Trinajstić information content (AvgIpc) is 2.85. The molecule has 3 rings (SSSR count). The molecule has 0 amide bonds. The van der Waals surface area contributed by atoms with E-state index in [0.29, 0.717) is 27.7 Å². The first kappa shape index (κ1) is 14.0. The molecule has 0 bridgehead atoms. The predicted octanol–water partition coefficient (Wildman–Crippen LogP) is 4.03. The monoisotopic (exact) mass is 313 g/mol. The Kier molecular flexibility index (Phi) is 3.24. The quantitative estimate of drug-likeness (QED) is 0.744. The van der Waals surface area contributed by atoms with Crippen LogP contribution in [0, 0.1) is 11.3 Å². The third-order valence-corrected chi connectivity index (χ3v) is 3.46. The smallest absolute Gasteiger partial charge is 0.339 e. The van der Waals surface area contributed by atoms with Crippen LogP contribution < -0.4 is 0 Å². The van der Waals surface area contributed by atoms with Crippen LogP contribution in [0.2, 0.25) is 5.22 Å². The van der Waals surface area contributed by atoms with Gasteiger partial charge in [0.2, 0.25) is 0 Å². The summed E-state index contributed by atoms with van der Waals surface area (Å²) in [5, 5.41) is 28.7. The third-order valence-electron chi connectivity index (χ3n) is 3.28. The van der Waals surface area contributed by atoms with E-state index in [4.69, 9.17) is 26.4 Å². The lowest BCUT2D eigenvalue weighted by atomic mass is 9.98. The van der Waals surface area contributed by atoms with Gasteiger partial charge in [0.15, 0.2) is 5.22 Å². The molecule has 2 aromatic carbocycles. The maximum absolute atomic E-state index is 11.0. The molecule has 0 fully saturated rings. The van der Waals surface area contributed by atoms with Gasteiger partial charge in [-0.3, -0.25) is 0 Å². The number of nitriles is 1. The third kappa shape index (κ3) is 2.26. The molecule has 0 saturated heterocycles. The van der Waals surface area contributed by atoms with Crippen LogP contribution in [0.1, 0.15) is 15.9 Å². The summed E-state index contributed by atoms with van der Waals surface area (Å²) in [6.45, 7) is 0. The highest BCUT2D eigenvalue weighted by Gasteiger charge is 2.14. The van der Waals surface area contributed by atoms with E-state index in [2.05, 4.69) is 0 Å². The highest BCUT2D eigenvalue weighted by molar-refractivity contribution is 6.30. The Balaban J connectivity index is 2.27. The van der Waals surface area contributed by atoms with Crippen LogP contribution >= 0.6 is 11.6 Å². The number of carboxylic acid groups (broad SMARTS) is 1. The van der Waals surface area contributed by atoms with Gasteiger partial charge in [-0.15, -0.1) is 0 Å². The molecule has 108 valence electrons. The van der Waals surface area contributed by atoms with Crippen molar-refractivity contribution in [1.29, 1.82) is 5.26 Å².